The molecule has 2 rings (SSSR count). The first kappa shape index (κ1) is 14.0. The molecule has 0 fully saturated rings. The zero-order valence-corrected chi connectivity index (χ0v) is 11.7. The van der Waals surface area contributed by atoms with Crippen molar-refractivity contribution >= 4 is 11.6 Å². The second-order valence-corrected chi connectivity index (χ2v) is 5.23. The van der Waals surface area contributed by atoms with Crippen molar-refractivity contribution in [3.05, 3.63) is 29.3 Å². The normalized spacial score (nSPS) is 14.9. The summed E-state index contributed by atoms with van der Waals surface area (Å²) in [6.07, 6.45) is 2.25. The van der Waals surface area contributed by atoms with Gasteiger partial charge in [-0.15, -0.1) is 0 Å². The third kappa shape index (κ3) is 3.33. The molecule has 0 aromatic heterocycles. The molecule has 1 aromatic carbocycles. The smallest absolute Gasteiger partial charge is 0.227 e. The fraction of sp³-hybridized carbons (Fsp3) is 0.533. The van der Waals surface area contributed by atoms with E-state index in [0.717, 1.165) is 31.6 Å². The van der Waals surface area contributed by atoms with E-state index in [1.54, 1.807) is 4.90 Å². The molecule has 0 saturated carbocycles. The highest BCUT2D eigenvalue weighted by atomic mass is 16.3. The van der Waals surface area contributed by atoms with Crippen molar-refractivity contribution in [3.63, 3.8) is 0 Å². The van der Waals surface area contributed by atoms with Crippen LogP contribution in [-0.4, -0.2) is 43.2 Å². The van der Waals surface area contributed by atoms with Crippen LogP contribution < -0.4 is 4.90 Å². The number of aryl methyl sites for hydroxylation is 1. The van der Waals surface area contributed by atoms with Gasteiger partial charge >= 0.3 is 0 Å². The minimum atomic E-state index is 0.195. The molecule has 0 spiro atoms. The molecule has 0 unspecified atom stereocenters. The molecule has 4 nitrogen and oxygen atoms in total. The Morgan fingerprint density at radius 3 is 2.89 bits per heavy atom. The van der Waals surface area contributed by atoms with E-state index in [-0.39, 0.29) is 12.5 Å². The van der Waals surface area contributed by atoms with Crippen LogP contribution in [0, 0.1) is 0 Å². The number of aliphatic hydroxyl groups is 1. The first-order chi connectivity index (χ1) is 9.11. The molecule has 104 valence electrons. The summed E-state index contributed by atoms with van der Waals surface area (Å²) < 4.78 is 0. The van der Waals surface area contributed by atoms with Gasteiger partial charge in [-0.3, -0.25) is 4.79 Å². The van der Waals surface area contributed by atoms with Gasteiger partial charge in [-0.2, -0.15) is 0 Å². The maximum absolute atomic E-state index is 11.6. The number of carbonyl (C=O) groups is 1. The number of hydrogen-bond acceptors (Lipinski definition) is 3. The Bertz CT molecular complexity index is 459. The Labute approximate surface area is 114 Å². The van der Waals surface area contributed by atoms with E-state index in [1.165, 1.54) is 11.1 Å². The van der Waals surface area contributed by atoms with E-state index >= 15 is 0 Å². The molecule has 1 aliphatic rings. The van der Waals surface area contributed by atoms with Crippen molar-refractivity contribution in [2.75, 3.05) is 32.1 Å². The van der Waals surface area contributed by atoms with E-state index < -0.39 is 0 Å². The first-order valence-electron chi connectivity index (χ1n) is 6.79. The van der Waals surface area contributed by atoms with Crippen molar-refractivity contribution in [1.29, 1.82) is 0 Å². The molecule has 1 aromatic rings. The summed E-state index contributed by atoms with van der Waals surface area (Å²) in [6, 6.07) is 6.33. The van der Waals surface area contributed by atoms with E-state index in [4.69, 9.17) is 5.11 Å². The molecule has 0 atom stereocenters. The SMILES string of the molecule is CN(CCCO)Cc1ccc2c(c1)CCC(=O)N2C. The van der Waals surface area contributed by atoms with Crippen LogP contribution in [0.4, 0.5) is 5.69 Å². The maximum atomic E-state index is 11.6. The number of carbonyl (C=O) groups excluding carboxylic acids is 1. The lowest BCUT2D eigenvalue weighted by molar-refractivity contribution is -0.118. The van der Waals surface area contributed by atoms with Crippen LogP contribution in [0.2, 0.25) is 0 Å². The highest BCUT2D eigenvalue weighted by Gasteiger charge is 2.20. The molecule has 0 bridgehead atoms. The minimum absolute atomic E-state index is 0.195. The molecule has 1 heterocycles. The van der Waals surface area contributed by atoms with Crippen molar-refractivity contribution in [2.24, 2.45) is 0 Å². The minimum Gasteiger partial charge on any atom is -0.396 e. The van der Waals surface area contributed by atoms with Crippen LogP contribution >= 0.6 is 0 Å². The van der Waals surface area contributed by atoms with Crippen LogP contribution in [-0.2, 0) is 17.8 Å². The predicted molar refractivity (Wildman–Crippen MR) is 76.2 cm³/mol. The van der Waals surface area contributed by atoms with Gasteiger partial charge in [-0.25, -0.2) is 0 Å². The second kappa shape index (κ2) is 6.17. The number of fused-ring (bicyclic) bond motifs is 1. The van der Waals surface area contributed by atoms with E-state index in [1.807, 2.05) is 13.1 Å². The molecular formula is C15H22N2O2. The molecule has 4 heteroatoms. The van der Waals surface area contributed by atoms with Gasteiger partial charge < -0.3 is 14.9 Å². The summed E-state index contributed by atoms with van der Waals surface area (Å²) in [7, 11) is 3.90. The van der Waals surface area contributed by atoms with Gasteiger partial charge in [0, 0.05) is 38.9 Å². The van der Waals surface area contributed by atoms with Crippen LogP contribution in [0.1, 0.15) is 24.0 Å². The van der Waals surface area contributed by atoms with Crippen molar-refractivity contribution in [1.82, 2.24) is 4.90 Å². The second-order valence-electron chi connectivity index (χ2n) is 5.23. The monoisotopic (exact) mass is 262 g/mol. The fourth-order valence-electron chi connectivity index (χ4n) is 2.54. The molecule has 19 heavy (non-hydrogen) atoms. The van der Waals surface area contributed by atoms with Gasteiger partial charge in [0.2, 0.25) is 5.91 Å². The fourth-order valence-corrected chi connectivity index (χ4v) is 2.54. The van der Waals surface area contributed by atoms with Crippen LogP contribution in [0.25, 0.3) is 0 Å². The highest BCUT2D eigenvalue weighted by molar-refractivity contribution is 5.95. The zero-order chi connectivity index (χ0) is 13.8. The lowest BCUT2D eigenvalue weighted by Crippen LogP contribution is -2.31. The van der Waals surface area contributed by atoms with Gasteiger partial charge in [0.25, 0.3) is 0 Å². The Morgan fingerprint density at radius 1 is 1.37 bits per heavy atom. The van der Waals surface area contributed by atoms with Gasteiger partial charge in [-0.1, -0.05) is 12.1 Å². The number of benzene rings is 1. The van der Waals surface area contributed by atoms with Crippen molar-refractivity contribution in [2.45, 2.75) is 25.8 Å². The lowest BCUT2D eigenvalue weighted by atomic mass is 9.99. The van der Waals surface area contributed by atoms with Crippen molar-refractivity contribution < 1.29 is 9.90 Å². The largest absolute Gasteiger partial charge is 0.396 e. The van der Waals surface area contributed by atoms with Gasteiger partial charge in [0.15, 0.2) is 0 Å². The number of nitrogens with zero attached hydrogens (tertiary/aromatic N) is 2. The molecular weight excluding hydrogens is 240 g/mol. The standard InChI is InChI=1S/C15H22N2O2/c1-16(8-3-9-18)11-12-4-6-14-13(10-12)5-7-15(19)17(14)2/h4,6,10,18H,3,5,7-9,11H2,1-2H3. The summed E-state index contributed by atoms with van der Waals surface area (Å²) in [4.78, 5) is 15.6. The number of rotatable bonds is 5. The summed E-state index contributed by atoms with van der Waals surface area (Å²) in [5, 5.41) is 8.83. The lowest BCUT2D eigenvalue weighted by Gasteiger charge is -2.26. The first-order valence-corrected chi connectivity index (χ1v) is 6.79. The Kier molecular flexibility index (Phi) is 4.56. The van der Waals surface area contributed by atoms with Gasteiger partial charge in [-0.05, 0) is 37.1 Å². The zero-order valence-electron chi connectivity index (χ0n) is 11.7. The summed E-state index contributed by atoms with van der Waals surface area (Å²) in [5.41, 5.74) is 3.56. The Balaban J connectivity index is 2.07. The summed E-state index contributed by atoms with van der Waals surface area (Å²) in [6.45, 7) is 2.01. The molecule has 0 saturated heterocycles. The van der Waals surface area contributed by atoms with Crippen LogP contribution in [0.15, 0.2) is 18.2 Å². The Morgan fingerprint density at radius 2 is 2.16 bits per heavy atom. The number of anilines is 1. The average Bonchev–Trinajstić information content (AvgIpc) is 2.41. The van der Waals surface area contributed by atoms with Gasteiger partial charge in [0.1, 0.15) is 0 Å². The molecule has 0 aliphatic carbocycles. The van der Waals surface area contributed by atoms with E-state index in [2.05, 4.69) is 24.1 Å². The third-order valence-corrected chi connectivity index (χ3v) is 3.64. The number of hydrogen-bond donors (Lipinski definition) is 1. The molecule has 1 aliphatic heterocycles. The summed E-state index contributed by atoms with van der Waals surface area (Å²) >= 11 is 0. The van der Waals surface area contributed by atoms with Crippen molar-refractivity contribution in [3.8, 4) is 0 Å². The average molecular weight is 262 g/mol. The Hall–Kier alpha value is -1.39. The quantitative estimate of drug-likeness (QED) is 0.872. The number of amides is 1. The topological polar surface area (TPSA) is 43.8 Å². The third-order valence-electron chi connectivity index (χ3n) is 3.64. The predicted octanol–water partition coefficient (Wildman–Crippen LogP) is 1.41. The van der Waals surface area contributed by atoms with Crippen LogP contribution in [0.5, 0.6) is 0 Å². The molecule has 0 radical (unpaired) electrons. The highest BCUT2D eigenvalue weighted by Crippen LogP contribution is 2.27. The van der Waals surface area contributed by atoms with Gasteiger partial charge in [0.05, 0.1) is 0 Å². The van der Waals surface area contributed by atoms with Crippen LogP contribution in [0.3, 0.4) is 0 Å². The summed E-state index contributed by atoms with van der Waals surface area (Å²) in [5.74, 6) is 0.195. The molecule has 1 N–H and O–H groups in total. The number of aliphatic hydroxyl groups excluding tert-OH is 1. The van der Waals surface area contributed by atoms with E-state index in [0.29, 0.717) is 6.42 Å². The maximum Gasteiger partial charge on any atom is 0.227 e. The van der Waals surface area contributed by atoms with E-state index in [9.17, 15) is 4.79 Å². The molecule has 1 amide bonds.